The summed E-state index contributed by atoms with van der Waals surface area (Å²) in [6.07, 6.45) is 1.30. The molecule has 2 aromatic heterocycles. The van der Waals surface area contributed by atoms with E-state index in [0.29, 0.717) is 24.7 Å². The molecule has 1 atom stereocenters. The van der Waals surface area contributed by atoms with Crippen LogP contribution in [-0.2, 0) is 11.2 Å². The average Bonchev–Trinajstić information content (AvgIpc) is 3.54. The number of benzene rings is 2. The summed E-state index contributed by atoms with van der Waals surface area (Å²) in [5, 5.41) is 7.36. The maximum absolute atomic E-state index is 12.5. The number of carbonyl (C=O) groups excluding carboxylic acids is 1. The van der Waals surface area contributed by atoms with Crippen molar-refractivity contribution in [2.75, 3.05) is 11.4 Å². The topological polar surface area (TPSA) is 72.1 Å². The van der Waals surface area contributed by atoms with Crippen LogP contribution in [0.25, 0.3) is 22.6 Å². The number of amides is 1. The molecule has 150 valence electrons. The quantitative estimate of drug-likeness (QED) is 0.461. The summed E-state index contributed by atoms with van der Waals surface area (Å²) in [5.41, 5.74) is 3.76. The molecule has 0 radical (unpaired) electrons. The minimum Gasteiger partial charge on any atom is -0.339 e. The number of aromatic nitrogens is 3. The van der Waals surface area contributed by atoms with Crippen molar-refractivity contribution in [3.63, 3.8) is 0 Å². The van der Waals surface area contributed by atoms with Crippen molar-refractivity contribution >= 4 is 22.9 Å². The van der Waals surface area contributed by atoms with E-state index in [1.807, 2.05) is 54.6 Å². The number of hydrogen-bond acceptors (Lipinski definition) is 6. The molecule has 0 unspecified atom stereocenters. The summed E-state index contributed by atoms with van der Waals surface area (Å²) < 4.78 is 5.55. The van der Waals surface area contributed by atoms with Crippen molar-refractivity contribution in [3.05, 3.63) is 70.9 Å². The van der Waals surface area contributed by atoms with Crippen molar-refractivity contribution in [2.45, 2.75) is 25.7 Å². The number of hydrogen-bond donors (Lipinski definition) is 0. The zero-order chi connectivity index (χ0) is 20.5. The van der Waals surface area contributed by atoms with E-state index in [1.54, 1.807) is 16.2 Å². The van der Waals surface area contributed by atoms with Gasteiger partial charge < -0.3 is 9.42 Å². The molecule has 0 N–H and O–H groups in total. The fourth-order valence-corrected chi connectivity index (χ4v) is 4.43. The SMILES string of the molecule is CCc1nc(-c2cccc(-c3noc([C@@H]4CC(=O)N(c5ccccc5)C4)n3)c2)cs1. The lowest BCUT2D eigenvalue weighted by Gasteiger charge is -2.15. The third-order valence-corrected chi connectivity index (χ3v) is 6.25. The molecule has 0 bridgehead atoms. The number of para-hydroxylation sites is 1. The first-order valence-corrected chi connectivity index (χ1v) is 10.8. The molecule has 0 spiro atoms. The molecule has 5 rings (SSSR count). The fraction of sp³-hybridized carbons (Fsp3) is 0.217. The fourth-order valence-electron chi connectivity index (χ4n) is 3.67. The highest BCUT2D eigenvalue weighted by Crippen LogP contribution is 2.32. The first kappa shape index (κ1) is 18.7. The molecular weight excluding hydrogens is 396 g/mol. The molecule has 4 aromatic rings. The van der Waals surface area contributed by atoms with Gasteiger partial charge in [0, 0.05) is 35.2 Å². The van der Waals surface area contributed by atoms with Gasteiger partial charge in [-0.2, -0.15) is 4.98 Å². The Hall–Kier alpha value is -3.32. The molecule has 30 heavy (non-hydrogen) atoms. The van der Waals surface area contributed by atoms with Gasteiger partial charge in [-0.05, 0) is 24.6 Å². The average molecular weight is 417 g/mol. The van der Waals surface area contributed by atoms with Crippen LogP contribution in [0.3, 0.4) is 0 Å². The monoisotopic (exact) mass is 416 g/mol. The number of anilines is 1. The van der Waals surface area contributed by atoms with Gasteiger partial charge in [-0.1, -0.05) is 48.5 Å². The van der Waals surface area contributed by atoms with Gasteiger partial charge in [0.25, 0.3) is 0 Å². The first-order valence-electron chi connectivity index (χ1n) is 9.95. The minimum absolute atomic E-state index is 0.0724. The third-order valence-electron chi connectivity index (χ3n) is 5.25. The van der Waals surface area contributed by atoms with E-state index >= 15 is 0 Å². The normalized spacial score (nSPS) is 16.4. The summed E-state index contributed by atoms with van der Waals surface area (Å²) in [4.78, 5) is 23.5. The van der Waals surface area contributed by atoms with Crippen molar-refractivity contribution in [2.24, 2.45) is 0 Å². The molecule has 3 heterocycles. The number of nitrogens with zero attached hydrogens (tertiary/aromatic N) is 4. The Morgan fingerprint density at radius 2 is 1.93 bits per heavy atom. The van der Waals surface area contributed by atoms with Crippen molar-refractivity contribution < 1.29 is 9.32 Å². The predicted molar refractivity (Wildman–Crippen MR) is 116 cm³/mol. The zero-order valence-corrected chi connectivity index (χ0v) is 17.3. The van der Waals surface area contributed by atoms with Crippen LogP contribution < -0.4 is 4.90 Å². The Kier molecular flexibility index (Phi) is 4.88. The first-order chi connectivity index (χ1) is 14.7. The van der Waals surface area contributed by atoms with Crippen molar-refractivity contribution in [1.29, 1.82) is 0 Å². The minimum atomic E-state index is -0.104. The molecule has 0 saturated carbocycles. The van der Waals surface area contributed by atoms with E-state index in [-0.39, 0.29) is 11.8 Å². The van der Waals surface area contributed by atoms with Gasteiger partial charge in [-0.25, -0.2) is 4.98 Å². The Balaban J connectivity index is 1.37. The Morgan fingerprint density at radius 3 is 2.73 bits per heavy atom. The second kappa shape index (κ2) is 7.84. The van der Waals surface area contributed by atoms with Gasteiger partial charge in [0.1, 0.15) is 0 Å². The second-order valence-corrected chi connectivity index (χ2v) is 8.20. The largest absolute Gasteiger partial charge is 0.339 e. The molecular formula is C23H20N4O2S. The van der Waals surface area contributed by atoms with E-state index in [0.717, 1.165) is 33.9 Å². The van der Waals surface area contributed by atoms with Crippen LogP contribution in [0.4, 0.5) is 5.69 Å². The van der Waals surface area contributed by atoms with Crippen LogP contribution in [0.2, 0.25) is 0 Å². The molecule has 1 saturated heterocycles. The maximum Gasteiger partial charge on any atom is 0.232 e. The van der Waals surface area contributed by atoms with Crippen LogP contribution in [0, 0.1) is 0 Å². The van der Waals surface area contributed by atoms with Crippen molar-refractivity contribution in [3.8, 4) is 22.6 Å². The predicted octanol–water partition coefficient (Wildman–Crippen LogP) is 4.94. The Morgan fingerprint density at radius 1 is 1.10 bits per heavy atom. The number of rotatable bonds is 5. The summed E-state index contributed by atoms with van der Waals surface area (Å²) in [7, 11) is 0. The Labute approximate surface area is 178 Å². The lowest BCUT2D eigenvalue weighted by molar-refractivity contribution is -0.117. The van der Waals surface area contributed by atoms with Gasteiger partial charge in [-0.15, -0.1) is 11.3 Å². The van der Waals surface area contributed by atoms with Crippen LogP contribution in [0.5, 0.6) is 0 Å². The van der Waals surface area contributed by atoms with Crippen LogP contribution in [0.15, 0.2) is 64.5 Å². The summed E-state index contributed by atoms with van der Waals surface area (Å²) in [5.74, 6) is 1.00. The van der Waals surface area contributed by atoms with E-state index in [2.05, 4.69) is 27.4 Å². The number of thiazole rings is 1. The summed E-state index contributed by atoms with van der Waals surface area (Å²) in [6, 6.07) is 17.7. The van der Waals surface area contributed by atoms with E-state index in [9.17, 15) is 4.79 Å². The molecule has 1 fully saturated rings. The van der Waals surface area contributed by atoms with Crippen LogP contribution >= 0.6 is 11.3 Å². The Bertz CT molecular complexity index is 1180. The lowest BCUT2D eigenvalue weighted by atomic mass is 10.1. The highest BCUT2D eigenvalue weighted by molar-refractivity contribution is 7.09. The smallest absolute Gasteiger partial charge is 0.232 e. The lowest BCUT2D eigenvalue weighted by Crippen LogP contribution is -2.24. The highest BCUT2D eigenvalue weighted by Gasteiger charge is 2.35. The van der Waals surface area contributed by atoms with Gasteiger partial charge in [0.05, 0.1) is 16.6 Å². The molecule has 1 aliphatic heterocycles. The van der Waals surface area contributed by atoms with Gasteiger partial charge in [0.2, 0.25) is 17.6 Å². The zero-order valence-electron chi connectivity index (χ0n) is 16.5. The molecule has 1 aliphatic rings. The third kappa shape index (κ3) is 3.52. The van der Waals surface area contributed by atoms with Gasteiger partial charge in [0.15, 0.2) is 0 Å². The standard InChI is InChI=1S/C23H20N4O2S/c1-2-20-24-19(14-30-20)15-7-6-8-16(11-15)22-25-23(29-26-22)17-12-21(28)27(13-17)18-9-4-3-5-10-18/h3-11,14,17H,2,12-13H2,1H3/t17-/m1/s1. The maximum atomic E-state index is 12.5. The van der Waals surface area contributed by atoms with Gasteiger partial charge >= 0.3 is 0 Å². The molecule has 1 amide bonds. The van der Waals surface area contributed by atoms with Crippen LogP contribution in [0.1, 0.15) is 30.2 Å². The van der Waals surface area contributed by atoms with Crippen molar-refractivity contribution in [1.82, 2.24) is 15.1 Å². The van der Waals surface area contributed by atoms with E-state index < -0.39 is 0 Å². The van der Waals surface area contributed by atoms with Crippen LogP contribution in [-0.4, -0.2) is 27.6 Å². The number of carbonyl (C=O) groups is 1. The number of aryl methyl sites for hydroxylation is 1. The molecule has 7 heteroatoms. The highest BCUT2D eigenvalue weighted by atomic mass is 32.1. The van der Waals surface area contributed by atoms with E-state index in [4.69, 9.17) is 4.52 Å². The van der Waals surface area contributed by atoms with E-state index in [1.165, 1.54) is 0 Å². The second-order valence-electron chi connectivity index (χ2n) is 7.26. The summed E-state index contributed by atoms with van der Waals surface area (Å²) in [6.45, 7) is 2.65. The van der Waals surface area contributed by atoms with Gasteiger partial charge in [-0.3, -0.25) is 4.79 Å². The molecule has 0 aliphatic carbocycles. The molecule has 6 nitrogen and oxygen atoms in total. The summed E-state index contributed by atoms with van der Waals surface area (Å²) >= 11 is 1.67. The molecule has 2 aromatic carbocycles.